The van der Waals surface area contributed by atoms with Crippen molar-refractivity contribution < 1.29 is 4.39 Å². The molecule has 0 aliphatic rings. The minimum Gasteiger partial charge on any atom is -0.236 e. The zero-order valence-corrected chi connectivity index (χ0v) is 9.76. The van der Waals surface area contributed by atoms with Crippen LogP contribution >= 0.6 is 27.5 Å². The highest BCUT2D eigenvalue weighted by Crippen LogP contribution is 2.23. The molecule has 2 aromatic rings. The lowest BCUT2D eigenvalue weighted by atomic mass is 10.2. The molecule has 1 heterocycles. The van der Waals surface area contributed by atoms with Crippen LogP contribution in [0.25, 0.3) is 11.4 Å². The Hall–Kier alpha value is -1.00. The lowest BCUT2D eigenvalue weighted by Gasteiger charge is -2.02. The van der Waals surface area contributed by atoms with Gasteiger partial charge in [-0.2, -0.15) is 0 Å². The molecule has 0 saturated carbocycles. The van der Waals surface area contributed by atoms with Crippen molar-refractivity contribution >= 4 is 27.5 Å². The molecule has 76 valence electrons. The van der Waals surface area contributed by atoms with Crippen molar-refractivity contribution in [2.24, 2.45) is 0 Å². The van der Waals surface area contributed by atoms with Crippen molar-refractivity contribution in [3.8, 4) is 11.4 Å². The molecule has 0 amide bonds. The zero-order valence-electron chi connectivity index (χ0n) is 7.42. The van der Waals surface area contributed by atoms with E-state index in [0.717, 1.165) is 4.47 Å². The van der Waals surface area contributed by atoms with Crippen LogP contribution in [0, 0.1) is 5.82 Å². The average molecular weight is 288 g/mol. The molecule has 0 spiro atoms. The molecular formula is C10H5BrClFN2. The van der Waals surface area contributed by atoms with Gasteiger partial charge in [-0.05, 0) is 24.3 Å². The highest BCUT2D eigenvalue weighted by Gasteiger charge is 2.08. The Kier molecular flexibility index (Phi) is 2.98. The fourth-order valence-corrected chi connectivity index (χ4v) is 1.63. The number of hydrogen-bond acceptors (Lipinski definition) is 2. The Morgan fingerprint density at radius 3 is 2.80 bits per heavy atom. The van der Waals surface area contributed by atoms with Gasteiger partial charge in [0.05, 0.1) is 5.56 Å². The van der Waals surface area contributed by atoms with Gasteiger partial charge in [0, 0.05) is 10.7 Å². The van der Waals surface area contributed by atoms with Gasteiger partial charge in [0.2, 0.25) is 0 Å². The van der Waals surface area contributed by atoms with Crippen molar-refractivity contribution in [2.75, 3.05) is 0 Å². The molecule has 0 aliphatic carbocycles. The highest BCUT2D eigenvalue weighted by molar-refractivity contribution is 9.10. The first-order valence-electron chi connectivity index (χ1n) is 4.11. The number of rotatable bonds is 1. The van der Waals surface area contributed by atoms with Crippen LogP contribution in [0.15, 0.2) is 34.9 Å². The van der Waals surface area contributed by atoms with E-state index >= 15 is 0 Å². The van der Waals surface area contributed by atoms with E-state index in [1.807, 2.05) is 0 Å². The molecule has 5 heteroatoms. The first kappa shape index (κ1) is 10.5. The van der Waals surface area contributed by atoms with E-state index in [1.54, 1.807) is 18.2 Å². The first-order chi connectivity index (χ1) is 7.16. The Balaban J connectivity index is 2.58. The molecule has 1 aromatic heterocycles. The zero-order chi connectivity index (χ0) is 10.8. The van der Waals surface area contributed by atoms with Crippen LogP contribution in [0.3, 0.4) is 0 Å². The third kappa shape index (κ3) is 2.33. The molecule has 0 N–H and O–H groups in total. The lowest BCUT2D eigenvalue weighted by molar-refractivity contribution is 0.629. The molecule has 0 atom stereocenters. The number of hydrogen-bond donors (Lipinski definition) is 0. The molecule has 2 rings (SSSR count). The summed E-state index contributed by atoms with van der Waals surface area (Å²) in [6, 6.07) is 6.12. The van der Waals surface area contributed by atoms with Crippen LogP contribution in [-0.4, -0.2) is 9.97 Å². The van der Waals surface area contributed by atoms with Gasteiger partial charge >= 0.3 is 0 Å². The molecular weight excluding hydrogens is 282 g/mol. The molecule has 15 heavy (non-hydrogen) atoms. The van der Waals surface area contributed by atoms with Gasteiger partial charge in [-0.15, -0.1) is 0 Å². The van der Waals surface area contributed by atoms with Gasteiger partial charge < -0.3 is 0 Å². The summed E-state index contributed by atoms with van der Waals surface area (Å²) >= 11 is 8.96. The van der Waals surface area contributed by atoms with E-state index < -0.39 is 0 Å². The number of benzene rings is 1. The summed E-state index contributed by atoms with van der Waals surface area (Å²) in [5.41, 5.74) is 0.326. The van der Waals surface area contributed by atoms with E-state index in [1.165, 1.54) is 12.3 Å². The minimum atomic E-state index is -0.375. The number of halogens is 3. The normalized spacial score (nSPS) is 10.3. The fourth-order valence-electron chi connectivity index (χ4n) is 1.14. The Morgan fingerprint density at radius 1 is 1.27 bits per heavy atom. The van der Waals surface area contributed by atoms with Gasteiger partial charge in [-0.25, -0.2) is 14.4 Å². The predicted molar refractivity (Wildman–Crippen MR) is 60.1 cm³/mol. The van der Waals surface area contributed by atoms with E-state index in [4.69, 9.17) is 11.6 Å². The molecule has 1 aromatic carbocycles. The van der Waals surface area contributed by atoms with Gasteiger partial charge in [-0.1, -0.05) is 27.5 Å². The van der Waals surface area contributed by atoms with Gasteiger partial charge in [0.25, 0.3) is 0 Å². The van der Waals surface area contributed by atoms with E-state index in [2.05, 4.69) is 25.9 Å². The largest absolute Gasteiger partial charge is 0.236 e. The maximum absolute atomic E-state index is 13.4. The van der Waals surface area contributed by atoms with Crippen molar-refractivity contribution in [3.63, 3.8) is 0 Å². The molecule has 0 unspecified atom stereocenters. The lowest BCUT2D eigenvalue weighted by Crippen LogP contribution is -1.91. The molecule has 2 nitrogen and oxygen atoms in total. The highest BCUT2D eigenvalue weighted by atomic mass is 79.9. The molecule has 0 radical (unpaired) electrons. The minimum absolute atomic E-state index is 0.279. The van der Waals surface area contributed by atoms with Gasteiger partial charge in [0.15, 0.2) is 5.82 Å². The van der Waals surface area contributed by atoms with Crippen molar-refractivity contribution in [1.82, 2.24) is 9.97 Å². The van der Waals surface area contributed by atoms with E-state index in [0.29, 0.717) is 10.7 Å². The Morgan fingerprint density at radius 2 is 2.07 bits per heavy atom. The monoisotopic (exact) mass is 286 g/mol. The van der Waals surface area contributed by atoms with Crippen LogP contribution < -0.4 is 0 Å². The summed E-state index contributed by atoms with van der Waals surface area (Å²) in [5, 5.41) is 0.291. The Bertz CT molecular complexity index is 505. The summed E-state index contributed by atoms with van der Waals surface area (Å²) in [6.45, 7) is 0. The second-order valence-electron chi connectivity index (χ2n) is 2.83. The third-order valence-electron chi connectivity index (χ3n) is 1.79. The molecule has 0 aliphatic heterocycles. The molecule has 0 bridgehead atoms. The van der Waals surface area contributed by atoms with Crippen LogP contribution in [0.2, 0.25) is 5.15 Å². The summed E-state index contributed by atoms with van der Waals surface area (Å²) in [4.78, 5) is 7.89. The van der Waals surface area contributed by atoms with Crippen molar-refractivity contribution in [2.45, 2.75) is 0 Å². The summed E-state index contributed by atoms with van der Waals surface area (Å²) in [6.07, 6.45) is 1.49. The van der Waals surface area contributed by atoms with Crippen LogP contribution in [0.5, 0.6) is 0 Å². The SMILES string of the molecule is Fc1ccc(Br)cc1-c1nccc(Cl)n1. The first-order valence-corrected chi connectivity index (χ1v) is 5.28. The van der Waals surface area contributed by atoms with Gasteiger partial charge in [-0.3, -0.25) is 0 Å². The quantitative estimate of drug-likeness (QED) is 0.747. The number of aromatic nitrogens is 2. The maximum atomic E-state index is 13.4. The fraction of sp³-hybridized carbons (Fsp3) is 0. The van der Waals surface area contributed by atoms with Crippen LogP contribution in [0.4, 0.5) is 4.39 Å². The van der Waals surface area contributed by atoms with Crippen molar-refractivity contribution in [3.05, 3.63) is 45.9 Å². The third-order valence-corrected chi connectivity index (χ3v) is 2.49. The smallest absolute Gasteiger partial charge is 0.163 e. The second-order valence-corrected chi connectivity index (χ2v) is 4.13. The summed E-state index contributed by atoms with van der Waals surface area (Å²) in [7, 11) is 0. The van der Waals surface area contributed by atoms with E-state index in [-0.39, 0.29) is 11.6 Å². The van der Waals surface area contributed by atoms with Crippen molar-refractivity contribution in [1.29, 1.82) is 0 Å². The topological polar surface area (TPSA) is 25.8 Å². The second kappa shape index (κ2) is 4.24. The average Bonchev–Trinajstić information content (AvgIpc) is 2.22. The van der Waals surface area contributed by atoms with Gasteiger partial charge in [0.1, 0.15) is 11.0 Å². The number of nitrogens with zero attached hydrogens (tertiary/aromatic N) is 2. The molecule has 0 saturated heterocycles. The molecule has 0 fully saturated rings. The van der Waals surface area contributed by atoms with E-state index in [9.17, 15) is 4.39 Å². The summed E-state index contributed by atoms with van der Waals surface area (Å²) < 4.78 is 14.2. The maximum Gasteiger partial charge on any atom is 0.163 e. The van der Waals surface area contributed by atoms with Crippen LogP contribution in [0.1, 0.15) is 0 Å². The standard InChI is InChI=1S/C10H5BrClFN2/c11-6-1-2-8(13)7(5-6)10-14-4-3-9(12)15-10/h1-5H. The predicted octanol–water partition coefficient (Wildman–Crippen LogP) is 3.70. The summed E-state index contributed by atoms with van der Waals surface area (Å²) in [5.74, 6) is -0.0956. The Labute approximate surface area is 99.3 Å². The van der Waals surface area contributed by atoms with Crippen LogP contribution in [-0.2, 0) is 0 Å².